The molecule has 0 aromatic heterocycles. The van der Waals surface area contributed by atoms with Crippen molar-refractivity contribution in [1.29, 1.82) is 5.41 Å². The van der Waals surface area contributed by atoms with Gasteiger partial charge in [0, 0.05) is 5.56 Å². The molecule has 1 heterocycles. The van der Waals surface area contributed by atoms with Gasteiger partial charge in [-0.15, -0.1) is 0 Å². The summed E-state index contributed by atoms with van der Waals surface area (Å²) in [5.74, 6) is -2.11. The molecule has 7 nitrogen and oxygen atoms in total. The van der Waals surface area contributed by atoms with Crippen molar-refractivity contribution in [2.75, 3.05) is 19.8 Å². The number of carbonyl (C=O) groups excluding carboxylic acids is 1. The molecule has 1 aliphatic heterocycles. The van der Waals surface area contributed by atoms with Crippen LogP contribution in [0, 0.1) is 11.2 Å². The van der Waals surface area contributed by atoms with Crippen molar-refractivity contribution in [3.8, 4) is 11.5 Å². The van der Waals surface area contributed by atoms with E-state index >= 15 is 4.39 Å². The van der Waals surface area contributed by atoms with Crippen LogP contribution in [0.3, 0.4) is 0 Å². The molecule has 0 spiro atoms. The molecule has 0 fully saturated rings. The number of amidine groups is 1. The van der Waals surface area contributed by atoms with Crippen LogP contribution in [-0.2, 0) is 11.0 Å². The average molecular weight is 485 g/mol. The molecule has 0 bridgehead atoms. The lowest BCUT2D eigenvalue weighted by Gasteiger charge is -2.33. The minimum Gasteiger partial charge on any atom is -0.490 e. The van der Waals surface area contributed by atoms with Crippen LogP contribution in [0.2, 0.25) is 0 Å². The molecule has 2 aromatic rings. The van der Waals surface area contributed by atoms with E-state index in [1.54, 1.807) is 32.0 Å². The van der Waals surface area contributed by atoms with E-state index in [-0.39, 0.29) is 58.4 Å². The Hall–Kier alpha value is -3.42. The number of ketones is 1. The first-order valence-electron chi connectivity index (χ1n) is 11.6. The number of rotatable bonds is 8. The fourth-order valence-electron chi connectivity index (χ4n) is 4.28. The summed E-state index contributed by atoms with van der Waals surface area (Å²) in [5.41, 5.74) is 0.308. The molecule has 0 unspecified atom stereocenters. The number of halogens is 1. The van der Waals surface area contributed by atoms with Crippen molar-refractivity contribution in [2.24, 2.45) is 0 Å². The first kappa shape index (κ1) is 26.2. The van der Waals surface area contributed by atoms with Crippen molar-refractivity contribution in [1.82, 2.24) is 4.90 Å². The van der Waals surface area contributed by atoms with E-state index < -0.39 is 17.3 Å². The van der Waals surface area contributed by atoms with E-state index in [0.29, 0.717) is 17.7 Å². The van der Waals surface area contributed by atoms with Gasteiger partial charge in [-0.25, -0.2) is 9.18 Å². The second kappa shape index (κ2) is 9.32. The molecule has 0 radical (unpaired) electrons. The van der Waals surface area contributed by atoms with E-state index in [2.05, 4.69) is 0 Å². The Kier molecular flexibility index (Phi) is 6.97. The first-order chi connectivity index (χ1) is 16.2. The van der Waals surface area contributed by atoms with Gasteiger partial charge in [0.2, 0.25) is 0 Å². The highest BCUT2D eigenvalue weighted by Crippen LogP contribution is 2.46. The second-order valence-electron chi connectivity index (χ2n) is 10.1. The zero-order chi connectivity index (χ0) is 26.3. The van der Waals surface area contributed by atoms with E-state index in [4.69, 9.17) is 14.9 Å². The third-order valence-electron chi connectivity index (χ3n) is 6.29. The Balaban J connectivity index is 2.05. The fourth-order valence-corrected chi connectivity index (χ4v) is 4.28. The minimum absolute atomic E-state index is 0.0218. The number of benzene rings is 2. The van der Waals surface area contributed by atoms with Crippen molar-refractivity contribution in [2.45, 2.75) is 59.4 Å². The van der Waals surface area contributed by atoms with Gasteiger partial charge in [0.1, 0.15) is 5.84 Å². The van der Waals surface area contributed by atoms with Crippen molar-refractivity contribution >= 4 is 17.6 Å². The first-order valence-corrected chi connectivity index (χ1v) is 11.6. The predicted octanol–water partition coefficient (Wildman–Crippen LogP) is 5.38. The summed E-state index contributed by atoms with van der Waals surface area (Å²) in [6.45, 7) is 13.3. The van der Waals surface area contributed by atoms with Gasteiger partial charge in [0.05, 0.1) is 36.4 Å². The molecule has 0 saturated carbocycles. The van der Waals surface area contributed by atoms with Crippen LogP contribution >= 0.6 is 0 Å². The Morgan fingerprint density at radius 3 is 2.20 bits per heavy atom. The number of ether oxygens (including phenoxy) is 2. The molecule has 8 heteroatoms. The normalized spacial score (nSPS) is 14.6. The van der Waals surface area contributed by atoms with Gasteiger partial charge in [0.25, 0.3) is 0 Å². The van der Waals surface area contributed by atoms with Gasteiger partial charge in [0.15, 0.2) is 23.1 Å². The van der Waals surface area contributed by atoms with Crippen LogP contribution in [-0.4, -0.2) is 47.4 Å². The molecule has 0 aliphatic carbocycles. The number of carboxylic acid groups (broad SMARTS) is 1. The SMILES string of the molecule is CCOc1cc2c(c(F)c1OCC)C(=N)N(CC(=O)c1cc(C(=O)O)cc(C(C)(C)C)c1)C2(C)C. The molecule has 1 aliphatic rings. The maximum atomic E-state index is 15.6. The molecule has 0 atom stereocenters. The Bertz CT molecular complexity index is 1200. The monoisotopic (exact) mass is 484 g/mol. The maximum absolute atomic E-state index is 15.6. The van der Waals surface area contributed by atoms with Crippen LogP contribution in [0.4, 0.5) is 4.39 Å². The zero-order valence-corrected chi connectivity index (χ0v) is 21.3. The van der Waals surface area contributed by atoms with Crippen LogP contribution < -0.4 is 9.47 Å². The predicted molar refractivity (Wildman–Crippen MR) is 132 cm³/mol. The van der Waals surface area contributed by atoms with Gasteiger partial charge in [-0.2, -0.15) is 0 Å². The van der Waals surface area contributed by atoms with Crippen LogP contribution in [0.15, 0.2) is 24.3 Å². The van der Waals surface area contributed by atoms with E-state index in [9.17, 15) is 14.7 Å². The van der Waals surface area contributed by atoms with Crippen LogP contribution in [0.1, 0.15) is 85.9 Å². The second-order valence-corrected chi connectivity index (χ2v) is 10.1. The number of fused-ring (bicyclic) bond motifs is 1. The molecule has 2 aromatic carbocycles. The summed E-state index contributed by atoms with van der Waals surface area (Å²) in [6.07, 6.45) is 0. The number of carbonyl (C=O) groups is 2. The smallest absolute Gasteiger partial charge is 0.335 e. The molecule has 188 valence electrons. The van der Waals surface area contributed by atoms with E-state index in [1.807, 2.05) is 34.6 Å². The highest BCUT2D eigenvalue weighted by molar-refractivity contribution is 6.07. The minimum atomic E-state index is -1.12. The van der Waals surface area contributed by atoms with Crippen molar-refractivity contribution < 1.29 is 28.6 Å². The number of carboxylic acids is 1. The zero-order valence-electron chi connectivity index (χ0n) is 21.3. The number of Topliss-reactive ketones (excluding diaryl/α,β-unsaturated/α-hetero) is 1. The standard InChI is InChI=1S/C27H33FN2O5/c1-8-34-20-13-18-21(22(28)23(20)35-9-2)24(29)30(27(18,6)7)14-19(31)15-10-16(25(32)33)12-17(11-15)26(3,4)5/h10-13,29H,8-9,14H2,1-7H3,(H,32,33). The van der Waals surface area contributed by atoms with E-state index in [1.165, 1.54) is 11.0 Å². The summed E-state index contributed by atoms with van der Waals surface area (Å²) in [5, 5.41) is 18.3. The largest absolute Gasteiger partial charge is 0.490 e. The quantitative estimate of drug-likeness (QED) is 0.488. The maximum Gasteiger partial charge on any atom is 0.335 e. The molecular weight excluding hydrogens is 451 g/mol. The van der Waals surface area contributed by atoms with Gasteiger partial charge in [-0.1, -0.05) is 20.8 Å². The molecule has 0 amide bonds. The van der Waals surface area contributed by atoms with E-state index in [0.717, 1.165) is 0 Å². The number of aromatic carboxylic acids is 1. The molecule has 0 saturated heterocycles. The van der Waals surface area contributed by atoms with Crippen LogP contribution in [0.25, 0.3) is 0 Å². The summed E-state index contributed by atoms with van der Waals surface area (Å²) in [4.78, 5) is 26.6. The third kappa shape index (κ3) is 4.74. The average Bonchev–Trinajstić information content (AvgIpc) is 2.95. The lowest BCUT2D eigenvalue weighted by Crippen LogP contribution is -2.42. The fraction of sp³-hybridized carbons (Fsp3) is 0.444. The number of hydrogen-bond donors (Lipinski definition) is 2. The number of hydrogen-bond acceptors (Lipinski definition) is 5. The number of nitrogens with one attached hydrogen (secondary N) is 1. The number of nitrogens with zero attached hydrogens (tertiary/aromatic N) is 1. The molecular formula is C27H33FN2O5. The Labute approximate surface area is 205 Å². The summed E-state index contributed by atoms with van der Waals surface area (Å²) in [7, 11) is 0. The van der Waals surface area contributed by atoms with Crippen molar-refractivity contribution in [3.63, 3.8) is 0 Å². The Morgan fingerprint density at radius 1 is 1.06 bits per heavy atom. The third-order valence-corrected chi connectivity index (χ3v) is 6.29. The molecule has 35 heavy (non-hydrogen) atoms. The highest BCUT2D eigenvalue weighted by Gasteiger charge is 2.45. The Morgan fingerprint density at radius 2 is 1.66 bits per heavy atom. The van der Waals surface area contributed by atoms with Crippen LogP contribution in [0.5, 0.6) is 11.5 Å². The van der Waals surface area contributed by atoms with Gasteiger partial charge in [-0.05, 0) is 68.5 Å². The summed E-state index contributed by atoms with van der Waals surface area (Å²) < 4.78 is 26.7. The molecule has 2 N–H and O–H groups in total. The van der Waals surface area contributed by atoms with Crippen molar-refractivity contribution in [3.05, 3.63) is 57.9 Å². The molecule has 3 rings (SSSR count). The summed E-state index contributed by atoms with van der Waals surface area (Å²) in [6, 6.07) is 6.28. The lowest BCUT2D eigenvalue weighted by atomic mass is 9.84. The van der Waals surface area contributed by atoms with Gasteiger partial charge < -0.3 is 19.5 Å². The van der Waals surface area contributed by atoms with Gasteiger partial charge in [-0.3, -0.25) is 10.2 Å². The highest BCUT2D eigenvalue weighted by atomic mass is 19.1. The van der Waals surface area contributed by atoms with Gasteiger partial charge >= 0.3 is 5.97 Å². The lowest BCUT2D eigenvalue weighted by molar-refractivity contribution is 0.0696. The summed E-state index contributed by atoms with van der Waals surface area (Å²) >= 11 is 0. The topological polar surface area (TPSA) is 99.9 Å².